The van der Waals surface area contributed by atoms with Gasteiger partial charge in [-0.2, -0.15) is 0 Å². The molecule has 0 aromatic heterocycles. The summed E-state index contributed by atoms with van der Waals surface area (Å²) in [5, 5.41) is 20.5. The number of carbonyl (C=O) groups is 1. The van der Waals surface area contributed by atoms with Gasteiger partial charge in [-0.3, -0.25) is 4.57 Å². The molecule has 1 heterocycles. The summed E-state index contributed by atoms with van der Waals surface area (Å²) < 4.78 is 34.2. The minimum atomic E-state index is -3.46. The highest BCUT2D eigenvalue weighted by Gasteiger charge is 2.35. The van der Waals surface area contributed by atoms with Gasteiger partial charge in [-0.25, -0.2) is 4.79 Å². The lowest BCUT2D eigenvalue weighted by Gasteiger charge is -2.25. The Morgan fingerprint density at radius 2 is 1.93 bits per heavy atom. The molecule has 0 saturated heterocycles. The zero-order valence-electron chi connectivity index (χ0n) is 18.2. The Morgan fingerprint density at radius 1 is 1.30 bits per heavy atom. The number of phenols is 1. The van der Waals surface area contributed by atoms with E-state index in [1.54, 1.807) is 13.8 Å². The van der Waals surface area contributed by atoms with Gasteiger partial charge in [-0.05, 0) is 46.1 Å². The Balaban J connectivity index is 2.31. The summed E-state index contributed by atoms with van der Waals surface area (Å²) in [5.41, 5.74) is 2.18. The van der Waals surface area contributed by atoms with Crippen molar-refractivity contribution in [1.82, 2.24) is 0 Å². The van der Waals surface area contributed by atoms with Crippen molar-refractivity contribution in [2.24, 2.45) is 0 Å². The molecule has 0 fully saturated rings. The van der Waals surface area contributed by atoms with E-state index in [-0.39, 0.29) is 44.2 Å². The highest BCUT2D eigenvalue weighted by atomic mass is 31.2. The summed E-state index contributed by atoms with van der Waals surface area (Å²) in [7, 11) is -1.95. The molecule has 9 heteroatoms. The van der Waals surface area contributed by atoms with E-state index in [2.05, 4.69) is 0 Å². The number of phenolic OH excluding ortho intramolecular Hbond substituents is 1. The number of methoxy groups -OCH3 is 1. The Morgan fingerprint density at radius 3 is 2.47 bits per heavy atom. The van der Waals surface area contributed by atoms with Crippen molar-refractivity contribution in [3.63, 3.8) is 0 Å². The molecule has 8 nitrogen and oxygen atoms in total. The number of hydrogen-bond donors (Lipinski definition) is 2. The van der Waals surface area contributed by atoms with Gasteiger partial charge < -0.3 is 28.7 Å². The fraction of sp³-hybridized carbons (Fsp3) is 0.571. The number of allylic oxidation sites excluding steroid dienone is 2. The number of carbonyl (C=O) groups excluding carboxylic acids is 1. The minimum Gasteiger partial charge on any atom is -0.507 e. The number of aliphatic hydroxyl groups is 1. The molecule has 30 heavy (non-hydrogen) atoms. The van der Waals surface area contributed by atoms with E-state index in [9.17, 15) is 19.6 Å². The van der Waals surface area contributed by atoms with Gasteiger partial charge in [0.25, 0.3) is 0 Å². The van der Waals surface area contributed by atoms with Crippen LogP contribution in [0.5, 0.6) is 11.5 Å². The predicted molar refractivity (Wildman–Crippen MR) is 112 cm³/mol. The SMILES string of the molecule is CCOP(=O)(OCC)C(CO)CC(C)=CCc1c(O)c2c(c(C)c1OC)COC2=O. The molecule has 1 aliphatic heterocycles. The number of rotatable bonds is 11. The number of cyclic esters (lactones) is 1. The second-order valence-corrected chi connectivity index (χ2v) is 9.41. The van der Waals surface area contributed by atoms with Crippen molar-refractivity contribution in [2.45, 2.75) is 52.8 Å². The zero-order valence-corrected chi connectivity index (χ0v) is 19.1. The van der Waals surface area contributed by atoms with Crippen LogP contribution < -0.4 is 4.74 Å². The van der Waals surface area contributed by atoms with E-state index in [0.717, 1.165) is 11.1 Å². The van der Waals surface area contributed by atoms with Crippen LogP contribution in [-0.2, 0) is 31.4 Å². The molecular weight excluding hydrogens is 411 g/mol. The molecular formula is C21H31O8P. The Hall–Kier alpha value is -1.86. The number of aromatic hydroxyl groups is 1. The second kappa shape index (κ2) is 10.4. The number of esters is 1. The summed E-state index contributed by atoms with van der Waals surface area (Å²) in [6.07, 6.45) is 2.42. The van der Waals surface area contributed by atoms with E-state index in [0.29, 0.717) is 23.3 Å². The number of hydrogen-bond acceptors (Lipinski definition) is 8. The van der Waals surface area contributed by atoms with Crippen LogP contribution in [0.2, 0.25) is 0 Å². The molecule has 0 saturated carbocycles. The molecule has 0 spiro atoms. The Kier molecular flexibility index (Phi) is 8.50. The molecule has 168 valence electrons. The zero-order chi connectivity index (χ0) is 22.5. The fourth-order valence-corrected chi connectivity index (χ4v) is 5.57. The van der Waals surface area contributed by atoms with E-state index in [1.807, 2.05) is 19.9 Å². The fourth-order valence-electron chi connectivity index (χ4n) is 3.64. The second-order valence-electron chi connectivity index (χ2n) is 7.09. The first-order valence-corrected chi connectivity index (χ1v) is 11.6. The van der Waals surface area contributed by atoms with Crippen LogP contribution in [0.25, 0.3) is 0 Å². The van der Waals surface area contributed by atoms with Crippen molar-refractivity contribution >= 4 is 13.6 Å². The third-order valence-electron chi connectivity index (χ3n) is 5.14. The third-order valence-corrected chi connectivity index (χ3v) is 7.61. The maximum atomic E-state index is 13.0. The molecule has 0 amide bonds. The first-order valence-electron chi connectivity index (χ1n) is 9.97. The molecule has 0 bridgehead atoms. The quantitative estimate of drug-likeness (QED) is 0.302. The Bertz CT molecular complexity index is 851. The van der Waals surface area contributed by atoms with Gasteiger partial charge in [0.2, 0.25) is 0 Å². The van der Waals surface area contributed by atoms with Gasteiger partial charge in [-0.15, -0.1) is 0 Å². The van der Waals surface area contributed by atoms with Crippen LogP contribution in [0.4, 0.5) is 0 Å². The maximum Gasteiger partial charge on any atom is 0.342 e. The topological polar surface area (TPSA) is 112 Å². The monoisotopic (exact) mass is 442 g/mol. The lowest BCUT2D eigenvalue weighted by molar-refractivity contribution is 0.0532. The van der Waals surface area contributed by atoms with Gasteiger partial charge >= 0.3 is 13.6 Å². The molecule has 1 unspecified atom stereocenters. The van der Waals surface area contributed by atoms with Gasteiger partial charge in [0.1, 0.15) is 23.7 Å². The highest BCUT2D eigenvalue weighted by Crippen LogP contribution is 2.54. The van der Waals surface area contributed by atoms with Gasteiger partial charge in [0, 0.05) is 11.1 Å². The van der Waals surface area contributed by atoms with Gasteiger partial charge in [-0.1, -0.05) is 11.6 Å². The first-order chi connectivity index (χ1) is 14.2. The molecule has 0 aliphatic carbocycles. The third kappa shape index (κ3) is 4.89. The highest BCUT2D eigenvalue weighted by molar-refractivity contribution is 7.54. The summed E-state index contributed by atoms with van der Waals surface area (Å²) in [5.74, 6) is -0.196. The summed E-state index contributed by atoms with van der Waals surface area (Å²) >= 11 is 0. The molecule has 1 aliphatic rings. The molecule has 2 rings (SSSR count). The lowest BCUT2D eigenvalue weighted by Crippen LogP contribution is -2.18. The van der Waals surface area contributed by atoms with Crippen molar-refractivity contribution in [3.8, 4) is 11.5 Å². The number of benzene rings is 1. The number of ether oxygens (including phenoxy) is 2. The Labute approximate surface area is 177 Å². The molecule has 2 N–H and O–H groups in total. The van der Waals surface area contributed by atoms with E-state index >= 15 is 0 Å². The molecule has 1 aromatic rings. The van der Waals surface area contributed by atoms with E-state index in [1.165, 1.54) is 7.11 Å². The van der Waals surface area contributed by atoms with Crippen LogP contribution in [-0.4, -0.2) is 48.8 Å². The largest absolute Gasteiger partial charge is 0.507 e. The molecule has 0 radical (unpaired) electrons. The van der Waals surface area contributed by atoms with Crippen molar-refractivity contribution in [3.05, 3.63) is 33.9 Å². The van der Waals surface area contributed by atoms with Gasteiger partial charge in [0.15, 0.2) is 0 Å². The molecule has 1 aromatic carbocycles. The summed E-state index contributed by atoms with van der Waals surface area (Å²) in [6.45, 7) is 7.29. The van der Waals surface area contributed by atoms with E-state index in [4.69, 9.17) is 18.5 Å². The van der Waals surface area contributed by atoms with Crippen molar-refractivity contribution < 1.29 is 38.1 Å². The average Bonchev–Trinajstić information content (AvgIpc) is 3.10. The standard InChI is InChI=1S/C21H31O8P/c1-6-28-30(25,29-7-2)15(11-22)10-13(3)8-9-16-19(23)18-17(12-27-21(18)24)14(4)20(16)26-5/h8,15,22-23H,6-7,9-12H2,1-5H3. The lowest BCUT2D eigenvalue weighted by atomic mass is 9.94. The average molecular weight is 442 g/mol. The number of fused-ring (bicyclic) bond motifs is 1. The summed E-state index contributed by atoms with van der Waals surface area (Å²) in [6, 6.07) is 0. The maximum absolute atomic E-state index is 13.0. The van der Waals surface area contributed by atoms with E-state index < -0.39 is 19.2 Å². The van der Waals surface area contributed by atoms with Gasteiger partial charge in [0.05, 0.1) is 32.6 Å². The van der Waals surface area contributed by atoms with Crippen molar-refractivity contribution in [1.29, 1.82) is 0 Å². The normalized spacial score (nSPS) is 15.1. The van der Waals surface area contributed by atoms with Crippen LogP contribution in [0.3, 0.4) is 0 Å². The summed E-state index contributed by atoms with van der Waals surface area (Å²) in [4.78, 5) is 12.0. The van der Waals surface area contributed by atoms with Crippen LogP contribution in [0.1, 0.15) is 54.2 Å². The first kappa shape index (κ1) is 24.4. The number of aliphatic hydroxyl groups excluding tert-OH is 1. The van der Waals surface area contributed by atoms with Crippen LogP contribution in [0.15, 0.2) is 11.6 Å². The molecule has 1 atom stereocenters. The van der Waals surface area contributed by atoms with Crippen LogP contribution in [0, 0.1) is 6.92 Å². The minimum absolute atomic E-state index is 0.112. The van der Waals surface area contributed by atoms with Crippen LogP contribution >= 0.6 is 7.60 Å². The predicted octanol–water partition coefficient (Wildman–Crippen LogP) is 3.89. The van der Waals surface area contributed by atoms with Crippen molar-refractivity contribution in [2.75, 3.05) is 26.9 Å². The smallest absolute Gasteiger partial charge is 0.342 e.